The predicted octanol–water partition coefficient (Wildman–Crippen LogP) is 2.89. The van der Waals surface area contributed by atoms with Crippen LogP contribution in [0.2, 0.25) is 5.02 Å². The lowest BCUT2D eigenvalue weighted by Crippen LogP contribution is -2.09. The van der Waals surface area contributed by atoms with Gasteiger partial charge in [0, 0.05) is 11.9 Å². The average molecular weight is 362 g/mol. The minimum Gasteiger partial charge on any atom is -0.733 e. The molecule has 1 heterocycles. The standard InChI is InChI=1S/C12H10ClN2O5S2/c1-7(16)14-12-10(6-11(21-12)15(17)18)22(19,20)9-4-2-8(13)3-5-9/h2-6,17H,1H3,(H,14,16)/q-1. The third kappa shape index (κ3) is 3.39. The van der Waals surface area contributed by atoms with Gasteiger partial charge in [0.05, 0.1) is 4.90 Å². The highest BCUT2D eigenvalue weighted by molar-refractivity contribution is 7.91. The van der Waals surface area contributed by atoms with Gasteiger partial charge in [-0.1, -0.05) is 22.9 Å². The molecule has 0 saturated carbocycles. The zero-order valence-corrected chi connectivity index (χ0v) is 13.5. The van der Waals surface area contributed by atoms with Gasteiger partial charge < -0.3 is 15.8 Å². The Balaban J connectivity index is 2.58. The van der Waals surface area contributed by atoms with Crippen molar-refractivity contribution in [2.75, 3.05) is 10.5 Å². The fourth-order valence-electron chi connectivity index (χ4n) is 1.64. The van der Waals surface area contributed by atoms with Gasteiger partial charge in [-0.2, -0.15) is 0 Å². The number of halogens is 1. The number of hydrogen-bond donors (Lipinski definition) is 2. The summed E-state index contributed by atoms with van der Waals surface area (Å²) < 4.78 is 25.2. The molecule has 2 rings (SSSR count). The smallest absolute Gasteiger partial charge is 0.221 e. The van der Waals surface area contributed by atoms with Crippen LogP contribution in [0.5, 0.6) is 0 Å². The van der Waals surface area contributed by atoms with Crippen molar-refractivity contribution in [3.05, 3.63) is 40.6 Å². The number of thiophene rings is 1. The van der Waals surface area contributed by atoms with Crippen LogP contribution in [0.3, 0.4) is 0 Å². The molecule has 0 aliphatic rings. The van der Waals surface area contributed by atoms with Crippen molar-refractivity contribution in [2.24, 2.45) is 0 Å². The van der Waals surface area contributed by atoms with E-state index in [1.54, 1.807) is 0 Å². The summed E-state index contributed by atoms with van der Waals surface area (Å²) in [7, 11) is -3.98. The summed E-state index contributed by atoms with van der Waals surface area (Å²) >= 11 is 6.37. The lowest BCUT2D eigenvalue weighted by molar-refractivity contribution is -0.114. The van der Waals surface area contributed by atoms with Gasteiger partial charge in [-0.15, -0.1) is 0 Å². The third-order valence-electron chi connectivity index (χ3n) is 2.58. The predicted molar refractivity (Wildman–Crippen MR) is 83.2 cm³/mol. The van der Waals surface area contributed by atoms with E-state index >= 15 is 0 Å². The van der Waals surface area contributed by atoms with E-state index < -0.39 is 21.0 Å². The number of benzene rings is 1. The first kappa shape index (κ1) is 16.7. The fraction of sp³-hybridized carbons (Fsp3) is 0.0833. The molecule has 2 N–H and O–H groups in total. The molecule has 0 fully saturated rings. The number of rotatable bonds is 4. The van der Waals surface area contributed by atoms with Gasteiger partial charge in [0.1, 0.15) is 14.9 Å². The Hall–Kier alpha value is -1.65. The lowest BCUT2D eigenvalue weighted by atomic mass is 10.4. The molecule has 2 aromatic rings. The molecule has 0 atom stereocenters. The van der Waals surface area contributed by atoms with Crippen LogP contribution >= 0.6 is 22.9 Å². The van der Waals surface area contributed by atoms with Crippen molar-refractivity contribution < 1.29 is 18.4 Å². The Morgan fingerprint density at radius 2 is 1.95 bits per heavy atom. The van der Waals surface area contributed by atoms with Gasteiger partial charge in [0.15, 0.2) is 0 Å². The summed E-state index contributed by atoms with van der Waals surface area (Å²) in [6, 6.07) is 6.42. The van der Waals surface area contributed by atoms with E-state index in [-0.39, 0.29) is 19.8 Å². The molecular formula is C12H10ClN2O5S2-. The fourth-order valence-corrected chi connectivity index (χ4v) is 4.43. The van der Waals surface area contributed by atoms with E-state index in [1.807, 2.05) is 0 Å². The third-order valence-corrected chi connectivity index (χ3v) is 5.76. The van der Waals surface area contributed by atoms with E-state index in [0.29, 0.717) is 16.4 Å². The van der Waals surface area contributed by atoms with E-state index in [1.165, 1.54) is 31.2 Å². The van der Waals surface area contributed by atoms with E-state index in [9.17, 15) is 18.4 Å². The minimum atomic E-state index is -3.98. The number of amides is 1. The molecule has 1 amide bonds. The van der Waals surface area contributed by atoms with Gasteiger partial charge in [-0.3, -0.25) is 10.0 Å². The molecule has 10 heteroatoms. The van der Waals surface area contributed by atoms with Crippen LogP contribution in [0.25, 0.3) is 0 Å². The maximum Gasteiger partial charge on any atom is 0.221 e. The van der Waals surface area contributed by atoms with E-state index in [0.717, 1.165) is 6.07 Å². The minimum absolute atomic E-state index is 0.0488. The Labute approximate surface area is 135 Å². The molecule has 1 aromatic heterocycles. The average Bonchev–Trinajstić information content (AvgIpc) is 2.83. The van der Waals surface area contributed by atoms with Crippen molar-refractivity contribution in [3.63, 3.8) is 0 Å². The molecule has 22 heavy (non-hydrogen) atoms. The highest BCUT2D eigenvalue weighted by Gasteiger charge is 2.25. The van der Waals surface area contributed by atoms with Gasteiger partial charge in [0.25, 0.3) is 0 Å². The van der Waals surface area contributed by atoms with E-state index in [2.05, 4.69) is 5.32 Å². The normalized spacial score (nSPS) is 11.3. The van der Waals surface area contributed by atoms with Crippen LogP contribution in [0.4, 0.5) is 10.0 Å². The number of carbonyl (C=O) groups is 1. The Bertz CT molecular complexity index is 799. The molecule has 0 radical (unpaired) electrons. The largest absolute Gasteiger partial charge is 0.733 e. The van der Waals surface area contributed by atoms with Crippen molar-refractivity contribution in [2.45, 2.75) is 16.7 Å². The van der Waals surface area contributed by atoms with Gasteiger partial charge in [-0.25, -0.2) is 8.42 Å². The highest BCUT2D eigenvalue weighted by Crippen LogP contribution is 2.39. The molecule has 0 unspecified atom stereocenters. The second-order valence-corrected chi connectivity index (χ2v) is 7.57. The molecule has 0 spiro atoms. The summed E-state index contributed by atoms with van der Waals surface area (Å²) in [6.45, 7) is 1.20. The summed E-state index contributed by atoms with van der Waals surface area (Å²) in [6.07, 6.45) is 0. The first-order chi connectivity index (χ1) is 10.2. The van der Waals surface area contributed by atoms with Gasteiger partial charge >= 0.3 is 0 Å². The van der Waals surface area contributed by atoms with Crippen molar-refractivity contribution in [1.82, 2.24) is 0 Å². The zero-order chi connectivity index (χ0) is 16.5. The van der Waals surface area contributed by atoms with E-state index in [4.69, 9.17) is 16.8 Å². The van der Waals surface area contributed by atoms with Crippen LogP contribution in [-0.2, 0) is 14.6 Å². The van der Waals surface area contributed by atoms with Gasteiger partial charge in [-0.05, 0) is 30.3 Å². The van der Waals surface area contributed by atoms with Crippen molar-refractivity contribution in [3.8, 4) is 0 Å². The molecular weight excluding hydrogens is 352 g/mol. The first-order valence-electron chi connectivity index (χ1n) is 5.80. The summed E-state index contributed by atoms with van der Waals surface area (Å²) in [5, 5.41) is 21.8. The molecule has 118 valence electrons. The molecule has 0 aliphatic carbocycles. The molecule has 0 bridgehead atoms. The lowest BCUT2D eigenvalue weighted by Gasteiger charge is -2.18. The molecule has 0 saturated heterocycles. The maximum atomic E-state index is 12.6. The number of carbonyl (C=O) groups excluding carboxylic acids is 1. The quantitative estimate of drug-likeness (QED) is 0.810. The van der Waals surface area contributed by atoms with Gasteiger partial charge in [0.2, 0.25) is 15.7 Å². The van der Waals surface area contributed by atoms with Crippen LogP contribution < -0.4 is 10.5 Å². The topological polar surface area (TPSA) is 110 Å². The Kier molecular flexibility index (Phi) is 4.73. The number of nitrogens with one attached hydrogen (secondary N) is 1. The monoisotopic (exact) mass is 361 g/mol. The second kappa shape index (κ2) is 6.23. The molecule has 1 aromatic carbocycles. The summed E-state index contributed by atoms with van der Waals surface area (Å²) in [5.74, 6) is -0.503. The van der Waals surface area contributed by atoms with Crippen LogP contribution in [0.15, 0.2) is 40.1 Å². The maximum absolute atomic E-state index is 12.6. The zero-order valence-electron chi connectivity index (χ0n) is 11.1. The second-order valence-electron chi connectivity index (χ2n) is 4.19. The summed E-state index contributed by atoms with van der Waals surface area (Å²) in [4.78, 5) is 10.9. The number of nitrogens with zero attached hydrogens (tertiary/aromatic N) is 1. The Morgan fingerprint density at radius 1 is 1.36 bits per heavy atom. The van der Waals surface area contributed by atoms with Crippen LogP contribution in [0, 0.1) is 5.21 Å². The van der Waals surface area contributed by atoms with Crippen molar-refractivity contribution >= 4 is 48.7 Å². The number of sulfone groups is 1. The van der Waals surface area contributed by atoms with Crippen LogP contribution in [-0.4, -0.2) is 19.5 Å². The molecule has 7 nitrogen and oxygen atoms in total. The molecule has 0 aliphatic heterocycles. The Morgan fingerprint density at radius 3 is 2.45 bits per heavy atom. The number of hydrogen-bond acceptors (Lipinski definition) is 7. The highest BCUT2D eigenvalue weighted by atomic mass is 35.5. The van der Waals surface area contributed by atoms with Crippen LogP contribution in [0.1, 0.15) is 6.92 Å². The number of anilines is 2. The van der Waals surface area contributed by atoms with Crippen molar-refractivity contribution in [1.29, 1.82) is 0 Å². The SMILES string of the molecule is CC(=O)Nc1sc(N([O-])O)cc1S(=O)(=O)c1ccc(Cl)cc1. The first-order valence-corrected chi connectivity index (χ1v) is 8.48. The summed E-state index contributed by atoms with van der Waals surface area (Å²) in [5.41, 5.74) is 0.